The zero-order valence-corrected chi connectivity index (χ0v) is 18.8. The Morgan fingerprint density at radius 3 is 1.74 bits per heavy atom. The van der Waals surface area contributed by atoms with Gasteiger partial charge in [0.25, 0.3) is 0 Å². The second-order valence-corrected chi connectivity index (χ2v) is 9.79. The molecule has 0 amide bonds. The molecule has 0 aliphatic heterocycles. The van der Waals surface area contributed by atoms with Crippen LogP contribution in [0.2, 0.25) is 6.04 Å². The average Bonchev–Trinajstić information content (AvgIpc) is 2.69. The molecule has 1 aromatic carbocycles. The van der Waals surface area contributed by atoms with Crippen LogP contribution in [0.15, 0.2) is 30.3 Å². The second-order valence-electron chi connectivity index (χ2n) is 7.05. The Hall–Kier alpha value is -0.723. The zero-order chi connectivity index (χ0) is 19.6. The molecule has 0 aromatic heterocycles. The summed E-state index contributed by atoms with van der Waals surface area (Å²) in [6, 6.07) is 11.4. The van der Waals surface area contributed by atoms with Crippen molar-refractivity contribution in [2.45, 2.75) is 78.3 Å². The molecule has 0 unspecified atom stereocenters. The molecule has 5 heteroatoms. The molecular formula is C22H41NO3Si. The van der Waals surface area contributed by atoms with E-state index in [4.69, 9.17) is 13.3 Å². The third-order valence-electron chi connectivity index (χ3n) is 4.47. The van der Waals surface area contributed by atoms with E-state index in [9.17, 15) is 0 Å². The smallest absolute Gasteiger partial charge is 0.373 e. The molecule has 1 aromatic rings. The standard InChI is InChI=1S/C22H41NO3Si/c1-4-7-17-24-27(25-18-8-5-2,26-19-9-6-3)20-13-16-23-21-22-14-11-10-12-15-22/h10-12,14-15,23H,4-9,13,16-21H2,1-3H3. The molecule has 0 saturated carbocycles. The van der Waals surface area contributed by atoms with E-state index in [2.05, 4.69) is 56.4 Å². The Morgan fingerprint density at radius 1 is 0.741 bits per heavy atom. The number of nitrogens with one attached hydrogen (secondary N) is 1. The topological polar surface area (TPSA) is 39.7 Å². The SMILES string of the molecule is CCCCO[Si](CCCNCc1ccccc1)(OCCCC)OCCCC. The van der Waals surface area contributed by atoms with Crippen LogP contribution in [0.5, 0.6) is 0 Å². The third-order valence-corrected chi connectivity index (χ3v) is 7.37. The Kier molecular flexibility index (Phi) is 14.6. The number of hydrogen-bond donors (Lipinski definition) is 1. The minimum Gasteiger partial charge on any atom is -0.373 e. The van der Waals surface area contributed by atoms with Crippen LogP contribution in [0.25, 0.3) is 0 Å². The van der Waals surface area contributed by atoms with Crippen LogP contribution in [0.3, 0.4) is 0 Å². The largest absolute Gasteiger partial charge is 0.501 e. The lowest BCUT2D eigenvalue weighted by molar-refractivity contribution is 0.0558. The molecule has 0 heterocycles. The first-order valence-corrected chi connectivity index (χ1v) is 12.9. The van der Waals surface area contributed by atoms with Gasteiger partial charge >= 0.3 is 8.80 Å². The number of rotatable bonds is 18. The van der Waals surface area contributed by atoms with Crippen molar-refractivity contribution in [3.05, 3.63) is 35.9 Å². The van der Waals surface area contributed by atoms with Gasteiger partial charge in [-0.05, 0) is 37.8 Å². The summed E-state index contributed by atoms with van der Waals surface area (Å²) in [4.78, 5) is 0. The first kappa shape index (κ1) is 24.3. The van der Waals surface area contributed by atoms with E-state index in [1.807, 2.05) is 0 Å². The Labute approximate surface area is 168 Å². The second kappa shape index (κ2) is 16.3. The van der Waals surface area contributed by atoms with Gasteiger partial charge in [0.2, 0.25) is 0 Å². The van der Waals surface area contributed by atoms with Crippen molar-refractivity contribution < 1.29 is 13.3 Å². The van der Waals surface area contributed by atoms with Gasteiger partial charge in [0.15, 0.2) is 0 Å². The lowest BCUT2D eigenvalue weighted by Crippen LogP contribution is -2.47. The third kappa shape index (κ3) is 11.7. The van der Waals surface area contributed by atoms with Gasteiger partial charge in [-0.2, -0.15) is 0 Å². The van der Waals surface area contributed by atoms with Crippen LogP contribution >= 0.6 is 0 Å². The van der Waals surface area contributed by atoms with Gasteiger partial charge in [0.05, 0.1) is 0 Å². The first-order chi connectivity index (χ1) is 13.3. The van der Waals surface area contributed by atoms with Crippen molar-refractivity contribution in [3.63, 3.8) is 0 Å². The highest BCUT2D eigenvalue weighted by atomic mass is 28.4. The minimum atomic E-state index is -2.58. The highest BCUT2D eigenvalue weighted by molar-refractivity contribution is 6.60. The summed E-state index contributed by atoms with van der Waals surface area (Å²) >= 11 is 0. The molecule has 156 valence electrons. The molecule has 1 rings (SSSR count). The van der Waals surface area contributed by atoms with Crippen molar-refractivity contribution in [2.75, 3.05) is 26.4 Å². The summed E-state index contributed by atoms with van der Waals surface area (Å²) < 4.78 is 18.9. The van der Waals surface area contributed by atoms with Crippen LogP contribution in [-0.2, 0) is 19.8 Å². The molecule has 0 bridgehead atoms. The maximum absolute atomic E-state index is 6.29. The minimum absolute atomic E-state index is 0.748. The van der Waals surface area contributed by atoms with Gasteiger partial charge in [-0.1, -0.05) is 70.4 Å². The van der Waals surface area contributed by atoms with E-state index in [-0.39, 0.29) is 0 Å². The molecule has 0 radical (unpaired) electrons. The maximum atomic E-state index is 6.29. The lowest BCUT2D eigenvalue weighted by atomic mass is 10.2. The summed E-state index contributed by atoms with van der Waals surface area (Å²) in [5.74, 6) is 0. The van der Waals surface area contributed by atoms with Gasteiger partial charge in [0.1, 0.15) is 0 Å². The fourth-order valence-electron chi connectivity index (χ4n) is 2.72. The summed E-state index contributed by atoms with van der Waals surface area (Å²) in [6.45, 7) is 10.7. The van der Waals surface area contributed by atoms with Gasteiger partial charge < -0.3 is 18.6 Å². The van der Waals surface area contributed by atoms with E-state index in [1.165, 1.54) is 5.56 Å². The van der Waals surface area contributed by atoms with E-state index < -0.39 is 8.80 Å². The Morgan fingerprint density at radius 2 is 1.26 bits per heavy atom. The molecule has 0 aliphatic carbocycles. The summed E-state index contributed by atoms with van der Waals surface area (Å²) in [6.07, 6.45) is 7.61. The zero-order valence-electron chi connectivity index (χ0n) is 17.8. The summed E-state index contributed by atoms with van der Waals surface area (Å²) in [5.41, 5.74) is 1.32. The van der Waals surface area contributed by atoms with E-state index in [0.717, 1.165) is 83.9 Å². The van der Waals surface area contributed by atoms with Gasteiger partial charge in [0, 0.05) is 32.4 Å². The summed E-state index contributed by atoms with van der Waals surface area (Å²) in [7, 11) is -2.58. The Bertz CT molecular complexity index is 418. The van der Waals surface area contributed by atoms with Crippen LogP contribution in [0, 0.1) is 0 Å². The van der Waals surface area contributed by atoms with Gasteiger partial charge in [-0.15, -0.1) is 0 Å². The van der Waals surface area contributed by atoms with Crippen LogP contribution < -0.4 is 5.32 Å². The molecule has 0 spiro atoms. The Balaban J connectivity index is 2.50. The highest BCUT2D eigenvalue weighted by Crippen LogP contribution is 2.20. The highest BCUT2D eigenvalue weighted by Gasteiger charge is 2.40. The monoisotopic (exact) mass is 395 g/mol. The predicted molar refractivity (Wildman–Crippen MR) is 116 cm³/mol. The number of benzene rings is 1. The first-order valence-electron chi connectivity index (χ1n) is 10.9. The molecule has 0 saturated heterocycles. The molecule has 1 N–H and O–H groups in total. The number of hydrogen-bond acceptors (Lipinski definition) is 4. The van der Waals surface area contributed by atoms with Gasteiger partial charge in [-0.3, -0.25) is 0 Å². The van der Waals surface area contributed by atoms with Crippen molar-refractivity contribution in [1.82, 2.24) is 5.32 Å². The van der Waals surface area contributed by atoms with Crippen molar-refractivity contribution in [2.24, 2.45) is 0 Å². The van der Waals surface area contributed by atoms with E-state index >= 15 is 0 Å². The maximum Gasteiger partial charge on any atom is 0.501 e. The van der Waals surface area contributed by atoms with Crippen LogP contribution in [-0.4, -0.2) is 35.2 Å². The van der Waals surface area contributed by atoms with Crippen LogP contribution in [0.4, 0.5) is 0 Å². The molecule has 0 atom stereocenters. The normalized spacial score (nSPS) is 11.8. The molecule has 27 heavy (non-hydrogen) atoms. The molecule has 0 fully saturated rings. The fourth-order valence-corrected chi connectivity index (χ4v) is 5.37. The lowest BCUT2D eigenvalue weighted by Gasteiger charge is -2.30. The fraction of sp³-hybridized carbons (Fsp3) is 0.727. The van der Waals surface area contributed by atoms with Crippen molar-refractivity contribution in [1.29, 1.82) is 0 Å². The number of unbranched alkanes of at least 4 members (excludes halogenated alkanes) is 3. The van der Waals surface area contributed by atoms with Crippen LogP contribution in [0.1, 0.15) is 71.3 Å². The van der Waals surface area contributed by atoms with E-state index in [0.29, 0.717) is 0 Å². The van der Waals surface area contributed by atoms with Gasteiger partial charge in [-0.25, -0.2) is 0 Å². The molecule has 4 nitrogen and oxygen atoms in total. The molecule has 0 aliphatic rings. The quantitative estimate of drug-likeness (QED) is 0.261. The molecular weight excluding hydrogens is 354 g/mol. The predicted octanol–water partition coefficient (Wildman–Crippen LogP) is 5.56. The van der Waals surface area contributed by atoms with Crippen molar-refractivity contribution >= 4 is 8.80 Å². The summed E-state index contributed by atoms with van der Waals surface area (Å²) in [5, 5.41) is 3.53. The van der Waals surface area contributed by atoms with Crippen molar-refractivity contribution in [3.8, 4) is 0 Å². The van der Waals surface area contributed by atoms with E-state index in [1.54, 1.807) is 0 Å². The average molecular weight is 396 g/mol.